The highest BCUT2D eigenvalue weighted by atomic mass is 19.4. The van der Waals surface area contributed by atoms with Crippen molar-refractivity contribution in [2.24, 2.45) is 4.99 Å². The monoisotopic (exact) mass is 453 g/mol. The number of anilines is 1. The van der Waals surface area contributed by atoms with E-state index in [4.69, 9.17) is 0 Å². The van der Waals surface area contributed by atoms with Gasteiger partial charge in [0.15, 0.2) is 0 Å². The zero-order valence-corrected chi connectivity index (χ0v) is 16.5. The van der Waals surface area contributed by atoms with E-state index in [1.807, 2.05) is 0 Å². The van der Waals surface area contributed by atoms with E-state index in [0.717, 1.165) is 6.07 Å². The van der Waals surface area contributed by atoms with Gasteiger partial charge in [0.2, 0.25) is 0 Å². The van der Waals surface area contributed by atoms with Crippen LogP contribution in [0.4, 0.5) is 23.4 Å². The second-order valence-electron chi connectivity index (χ2n) is 7.58. The van der Waals surface area contributed by atoms with Crippen LogP contribution >= 0.6 is 0 Å². The largest absolute Gasteiger partial charge is 0.416 e. The molecule has 4 N–H and O–H groups in total. The number of rotatable bonds is 5. The van der Waals surface area contributed by atoms with Gasteiger partial charge in [-0.25, -0.2) is 14.4 Å². The molecule has 3 atom stereocenters. The Hall–Kier alpha value is -3.12. The number of aromatic nitrogens is 2. The maximum Gasteiger partial charge on any atom is 0.416 e. The van der Waals surface area contributed by atoms with E-state index in [1.54, 1.807) is 0 Å². The van der Waals surface area contributed by atoms with E-state index in [1.165, 1.54) is 6.33 Å². The lowest BCUT2D eigenvalue weighted by molar-refractivity contribution is -0.138. The van der Waals surface area contributed by atoms with Crippen LogP contribution < -0.4 is 10.6 Å². The maximum atomic E-state index is 13.5. The van der Waals surface area contributed by atoms with E-state index in [-0.39, 0.29) is 23.6 Å². The van der Waals surface area contributed by atoms with Crippen LogP contribution in [0.1, 0.15) is 35.2 Å². The van der Waals surface area contributed by atoms with Crippen molar-refractivity contribution < 1.29 is 32.6 Å². The lowest BCUT2D eigenvalue weighted by atomic mass is 10.1. The van der Waals surface area contributed by atoms with E-state index >= 15 is 0 Å². The fraction of sp³-hybridized carbons (Fsp3) is 0.400. The lowest BCUT2D eigenvalue weighted by Gasteiger charge is -2.20. The van der Waals surface area contributed by atoms with Gasteiger partial charge in [0.25, 0.3) is 5.91 Å². The molecule has 1 amide bonds. The van der Waals surface area contributed by atoms with Crippen molar-refractivity contribution in [2.75, 3.05) is 5.32 Å². The van der Waals surface area contributed by atoms with Crippen LogP contribution in [0.15, 0.2) is 29.5 Å². The Morgan fingerprint density at radius 1 is 1.19 bits per heavy atom. The molecule has 1 aliphatic carbocycles. The molecule has 2 aliphatic rings. The number of carbonyl (C=O) groups excluding carboxylic acids is 1. The van der Waals surface area contributed by atoms with E-state index in [0.29, 0.717) is 30.7 Å². The van der Waals surface area contributed by atoms with Crippen LogP contribution in [0.3, 0.4) is 0 Å². The number of hydrogen-bond donors (Lipinski definition) is 4. The molecule has 32 heavy (non-hydrogen) atoms. The van der Waals surface area contributed by atoms with Crippen molar-refractivity contribution in [1.82, 2.24) is 15.3 Å². The molecule has 0 unspecified atom stereocenters. The molecule has 0 saturated heterocycles. The number of hydrogen-bond acceptors (Lipinski definition) is 7. The number of halogens is 4. The summed E-state index contributed by atoms with van der Waals surface area (Å²) in [6.07, 6.45) is -4.49. The van der Waals surface area contributed by atoms with Crippen LogP contribution in [0, 0.1) is 5.82 Å². The summed E-state index contributed by atoms with van der Waals surface area (Å²) in [7, 11) is 0. The van der Waals surface area contributed by atoms with Crippen molar-refractivity contribution >= 4 is 17.4 Å². The molecule has 1 aromatic heterocycles. The molecule has 2 aromatic rings. The number of aliphatic hydroxyl groups is 2. The first kappa shape index (κ1) is 22.1. The first-order chi connectivity index (χ1) is 15.1. The van der Waals surface area contributed by atoms with Gasteiger partial charge in [-0.3, -0.25) is 9.79 Å². The van der Waals surface area contributed by atoms with Crippen LogP contribution in [-0.4, -0.2) is 50.0 Å². The first-order valence-corrected chi connectivity index (χ1v) is 9.80. The van der Waals surface area contributed by atoms with Gasteiger partial charge in [-0.05, 0) is 36.6 Å². The average molecular weight is 453 g/mol. The highest BCUT2D eigenvalue weighted by Gasteiger charge is 2.36. The van der Waals surface area contributed by atoms with E-state index < -0.39 is 53.8 Å². The van der Waals surface area contributed by atoms with Gasteiger partial charge in [-0.2, -0.15) is 13.2 Å². The molecule has 2 heterocycles. The molecular weight excluding hydrogens is 434 g/mol. The van der Waals surface area contributed by atoms with Crippen LogP contribution in [0.25, 0.3) is 0 Å². The molecular formula is C20H19F4N5O3. The van der Waals surface area contributed by atoms with Crippen molar-refractivity contribution in [3.8, 4) is 0 Å². The maximum absolute atomic E-state index is 13.5. The Kier molecular flexibility index (Phi) is 5.82. The Morgan fingerprint density at radius 3 is 2.66 bits per heavy atom. The zero-order chi connectivity index (χ0) is 23.0. The quantitative estimate of drug-likeness (QED) is 0.510. The third-order valence-electron chi connectivity index (χ3n) is 5.48. The van der Waals surface area contributed by atoms with Crippen LogP contribution in [-0.2, 0) is 24.1 Å². The molecule has 1 aliphatic heterocycles. The summed E-state index contributed by atoms with van der Waals surface area (Å²) in [4.78, 5) is 25.1. The number of aliphatic hydroxyl groups excluding tert-OH is 2. The summed E-state index contributed by atoms with van der Waals surface area (Å²) >= 11 is 0. The van der Waals surface area contributed by atoms with Gasteiger partial charge in [-0.1, -0.05) is 0 Å². The first-order valence-electron chi connectivity index (χ1n) is 9.80. The molecule has 170 valence electrons. The fourth-order valence-corrected chi connectivity index (χ4v) is 3.86. The minimum Gasteiger partial charge on any atom is -0.390 e. The van der Waals surface area contributed by atoms with Gasteiger partial charge in [0.1, 0.15) is 23.7 Å². The smallest absolute Gasteiger partial charge is 0.390 e. The molecule has 0 radical (unpaired) electrons. The number of alkyl halides is 3. The summed E-state index contributed by atoms with van der Waals surface area (Å²) in [6.45, 7) is -0.497. The predicted molar refractivity (Wildman–Crippen MR) is 104 cm³/mol. The number of fused-ring (bicyclic) bond motifs is 1. The summed E-state index contributed by atoms with van der Waals surface area (Å²) in [5, 5.41) is 25.2. The summed E-state index contributed by atoms with van der Waals surface area (Å²) in [6, 6.07) is 1.54. The second-order valence-corrected chi connectivity index (χ2v) is 7.58. The van der Waals surface area contributed by atoms with Crippen molar-refractivity contribution in [2.45, 2.75) is 50.4 Å². The lowest BCUT2D eigenvalue weighted by Crippen LogP contribution is -2.36. The standard InChI is InChI=1S/C20H19F4N5O3/c21-10-1-2-11(20(22,23)24)9(5-10)6-26-19(32)16-15-13(7-25-16)27-8-28-18(15)29-12-3-4-14(30)17(12)31/h1-2,5,8,12,14,17,30-31H,3-4,6-7H2,(H,26,32)(H,27,28,29)/t12-,14-,17+/m1/s1. The van der Waals surface area contributed by atoms with Gasteiger partial charge in [0, 0.05) is 6.54 Å². The highest BCUT2D eigenvalue weighted by molar-refractivity contribution is 6.47. The predicted octanol–water partition coefficient (Wildman–Crippen LogP) is 1.55. The van der Waals surface area contributed by atoms with Crippen molar-refractivity contribution in [3.05, 3.63) is 52.7 Å². The minimum absolute atomic E-state index is 0.0684. The SMILES string of the molecule is O=C(NCc1cc(F)ccc1C(F)(F)F)C1=NCc2ncnc(N[C@@H]3CC[C@@H](O)[C@H]3O)c21. The summed E-state index contributed by atoms with van der Waals surface area (Å²) in [5.74, 6) is -1.41. The number of carbonyl (C=O) groups is 1. The van der Waals surface area contributed by atoms with Gasteiger partial charge < -0.3 is 20.8 Å². The molecule has 1 aromatic carbocycles. The van der Waals surface area contributed by atoms with Gasteiger partial charge in [-0.15, -0.1) is 0 Å². The average Bonchev–Trinajstić information content (AvgIpc) is 3.31. The molecule has 0 spiro atoms. The van der Waals surface area contributed by atoms with E-state index in [2.05, 4.69) is 25.6 Å². The highest BCUT2D eigenvalue weighted by Crippen LogP contribution is 2.32. The molecule has 1 saturated carbocycles. The summed E-state index contributed by atoms with van der Waals surface area (Å²) in [5.41, 5.74) is -0.847. The van der Waals surface area contributed by atoms with Gasteiger partial charge >= 0.3 is 6.18 Å². The Bertz CT molecular complexity index is 1080. The Morgan fingerprint density at radius 2 is 1.97 bits per heavy atom. The van der Waals surface area contributed by atoms with Crippen molar-refractivity contribution in [1.29, 1.82) is 0 Å². The molecule has 12 heteroatoms. The van der Waals surface area contributed by atoms with Crippen LogP contribution in [0.5, 0.6) is 0 Å². The third kappa shape index (κ3) is 4.28. The van der Waals surface area contributed by atoms with Crippen molar-refractivity contribution in [3.63, 3.8) is 0 Å². The number of benzene rings is 1. The molecule has 0 bridgehead atoms. The number of amides is 1. The number of nitrogens with one attached hydrogen (secondary N) is 2. The number of nitrogens with zero attached hydrogens (tertiary/aromatic N) is 3. The molecule has 1 fully saturated rings. The van der Waals surface area contributed by atoms with Gasteiger partial charge in [0.05, 0.1) is 41.6 Å². The number of aliphatic imine (C=N–C) groups is 1. The normalized spacial score (nSPS) is 22.4. The third-order valence-corrected chi connectivity index (χ3v) is 5.48. The summed E-state index contributed by atoms with van der Waals surface area (Å²) < 4.78 is 53.1. The molecule has 8 nitrogen and oxygen atoms in total. The fourth-order valence-electron chi connectivity index (χ4n) is 3.86. The van der Waals surface area contributed by atoms with E-state index in [9.17, 15) is 32.6 Å². The minimum atomic E-state index is -4.71. The van der Waals surface area contributed by atoms with Crippen LogP contribution in [0.2, 0.25) is 0 Å². The Balaban J connectivity index is 1.53. The second kappa shape index (κ2) is 8.43. The molecule has 4 rings (SSSR count). The zero-order valence-electron chi connectivity index (χ0n) is 16.5. The topological polar surface area (TPSA) is 120 Å². The Labute approximate surface area is 179 Å².